The van der Waals surface area contributed by atoms with E-state index in [-0.39, 0.29) is 6.54 Å². The van der Waals surface area contributed by atoms with Gasteiger partial charge in [-0.05, 0) is 18.7 Å². The molecule has 0 aliphatic carbocycles. The first-order valence-corrected chi connectivity index (χ1v) is 4.50. The van der Waals surface area contributed by atoms with Gasteiger partial charge in [-0.3, -0.25) is 0 Å². The van der Waals surface area contributed by atoms with Gasteiger partial charge in [0.25, 0.3) is 5.92 Å². The van der Waals surface area contributed by atoms with E-state index >= 15 is 0 Å². The van der Waals surface area contributed by atoms with Crippen LogP contribution in [0.3, 0.4) is 0 Å². The highest BCUT2D eigenvalue weighted by atomic mass is 35.5. The molecule has 0 saturated heterocycles. The normalized spacial score (nSPS) is 11.9. The molecule has 0 radical (unpaired) electrons. The lowest BCUT2D eigenvalue weighted by atomic mass is 10.0. The second-order valence-electron chi connectivity index (χ2n) is 2.96. The Morgan fingerprint density at radius 2 is 1.73 bits per heavy atom. The Bertz CT molecular complexity index is 367. The number of hydrogen-bond acceptors (Lipinski definition) is 1. The van der Waals surface area contributed by atoms with Gasteiger partial charge in [-0.1, -0.05) is 11.6 Å². The molecular weight excluding hydrogens is 234 g/mol. The lowest BCUT2D eigenvalue weighted by Gasteiger charge is -2.17. The molecule has 0 amide bonds. The number of alkyl halides is 2. The van der Waals surface area contributed by atoms with E-state index in [9.17, 15) is 17.6 Å². The van der Waals surface area contributed by atoms with Crippen molar-refractivity contribution in [2.24, 2.45) is 5.73 Å². The molecule has 15 heavy (non-hydrogen) atoms. The number of nitrogens with two attached hydrogens (primary N) is 1. The van der Waals surface area contributed by atoms with Crippen LogP contribution < -0.4 is 5.73 Å². The van der Waals surface area contributed by atoms with Crippen LogP contribution in [-0.2, 0) is 5.92 Å². The zero-order valence-electron chi connectivity index (χ0n) is 7.54. The van der Waals surface area contributed by atoms with Gasteiger partial charge in [-0.15, -0.1) is 0 Å². The summed E-state index contributed by atoms with van der Waals surface area (Å²) in [4.78, 5) is 0. The third-order valence-corrected chi connectivity index (χ3v) is 2.24. The third-order valence-electron chi connectivity index (χ3n) is 1.87. The molecule has 1 aromatic carbocycles. The number of benzene rings is 1. The van der Waals surface area contributed by atoms with Crippen LogP contribution in [0, 0.1) is 11.6 Å². The van der Waals surface area contributed by atoms with Crippen molar-refractivity contribution in [3.05, 3.63) is 34.4 Å². The second-order valence-corrected chi connectivity index (χ2v) is 3.34. The molecule has 1 nitrogen and oxygen atoms in total. The van der Waals surface area contributed by atoms with Crippen molar-refractivity contribution in [3.8, 4) is 0 Å². The van der Waals surface area contributed by atoms with Gasteiger partial charge >= 0.3 is 0 Å². The maximum atomic E-state index is 13.3. The summed E-state index contributed by atoms with van der Waals surface area (Å²) >= 11 is 5.28. The third kappa shape index (κ3) is 2.41. The maximum Gasteiger partial charge on any atom is 0.278 e. The Kier molecular flexibility index (Phi) is 3.57. The fourth-order valence-electron chi connectivity index (χ4n) is 1.17. The summed E-state index contributed by atoms with van der Waals surface area (Å²) in [5.41, 5.74) is 3.82. The lowest BCUT2D eigenvalue weighted by molar-refractivity contribution is -0.0142. The van der Waals surface area contributed by atoms with Crippen LogP contribution in [0.15, 0.2) is 12.1 Å². The summed E-state index contributed by atoms with van der Waals surface area (Å²) in [7, 11) is 0. The minimum Gasteiger partial charge on any atom is -0.330 e. The Morgan fingerprint density at radius 1 is 1.20 bits per heavy atom. The second kappa shape index (κ2) is 4.37. The molecule has 0 saturated carbocycles. The topological polar surface area (TPSA) is 26.0 Å². The summed E-state index contributed by atoms with van der Waals surface area (Å²) in [6.07, 6.45) is -0.785. The van der Waals surface area contributed by atoms with Gasteiger partial charge in [-0.2, -0.15) is 0 Å². The predicted molar refractivity (Wildman–Crippen MR) is 48.9 cm³/mol. The van der Waals surface area contributed by atoms with E-state index in [4.69, 9.17) is 17.3 Å². The minimum atomic E-state index is -3.56. The Hall–Kier alpha value is -0.810. The maximum absolute atomic E-state index is 13.3. The van der Waals surface area contributed by atoms with E-state index < -0.39 is 34.6 Å². The fourth-order valence-corrected chi connectivity index (χ4v) is 1.46. The van der Waals surface area contributed by atoms with Gasteiger partial charge in [0.1, 0.15) is 11.6 Å². The quantitative estimate of drug-likeness (QED) is 0.639. The molecular formula is C9H8ClF4N. The van der Waals surface area contributed by atoms with Crippen LogP contribution in [0.5, 0.6) is 0 Å². The SMILES string of the molecule is NCCC(F)(F)c1c(F)ccc(F)c1Cl. The Labute approximate surface area is 88.8 Å². The van der Waals surface area contributed by atoms with Gasteiger partial charge in [0.15, 0.2) is 0 Å². The largest absolute Gasteiger partial charge is 0.330 e. The van der Waals surface area contributed by atoms with Crippen LogP contribution >= 0.6 is 11.6 Å². The minimum absolute atomic E-state index is 0.348. The van der Waals surface area contributed by atoms with E-state index in [0.29, 0.717) is 12.1 Å². The van der Waals surface area contributed by atoms with Crippen molar-refractivity contribution in [2.75, 3.05) is 6.54 Å². The highest BCUT2D eigenvalue weighted by Gasteiger charge is 2.37. The van der Waals surface area contributed by atoms with E-state index in [0.717, 1.165) is 0 Å². The van der Waals surface area contributed by atoms with Gasteiger partial charge in [0.05, 0.1) is 10.6 Å². The molecule has 6 heteroatoms. The van der Waals surface area contributed by atoms with Gasteiger partial charge in [0, 0.05) is 6.42 Å². The standard InChI is InChI=1S/C9H8ClF4N/c10-8-6(12)2-1-5(11)7(8)9(13,14)3-4-15/h1-2H,3-4,15H2. The number of rotatable bonds is 3. The van der Waals surface area contributed by atoms with Crippen molar-refractivity contribution < 1.29 is 17.6 Å². The van der Waals surface area contributed by atoms with Crippen LogP contribution in [0.4, 0.5) is 17.6 Å². The molecule has 1 aromatic rings. The zero-order valence-corrected chi connectivity index (χ0v) is 8.29. The highest BCUT2D eigenvalue weighted by Crippen LogP contribution is 2.38. The first-order valence-electron chi connectivity index (χ1n) is 4.12. The molecule has 0 heterocycles. The van der Waals surface area contributed by atoms with Crippen LogP contribution in [0.25, 0.3) is 0 Å². The molecule has 0 aliphatic rings. The summed E-state index contributed by atoms with van der Waals surface area (Å²) < 4.78 is 52.5. The molecule has 1 rings (SSSR count). The molecule has 0 spiro atoms. The van der Waals surface area contributed by atoms with Crippen LogP contribution in [0.2, 0.25) is 5.02 Å². The van der Waals surface area contributed by atoms with Crippen LogP contribution in [0.1, 0.15) is 12.0 Å². The van der Waals surface area contributed by atoms with E-state index in [1.165, 1.54) is 0 Å². The molecule has 0 fully saturated rings. The summed E-state index contributed by atoms with van der Waals surface area (Å²) in [6, 6.07) is 1.31. The van der Waals surface area contributed by atoms with E-state index in [1.54, 1.807) is 0 Å². The fraction of sp³-hybridized carbons (Fsp3) is 0.333. The first-order chi connectivity index (χ1) is 6.90. The smallest absolute Gasteiger partial charge is 0.278 e. The van der Waals surface area contributed by atoms with Crippen molar-refractivity contribution in [1.82, 2.24) is 0 Å². The molecule has 0 aliphatic heterocycles. The molecule has 2 N–H and O–H groups in total. The van der Waals surface area contributed by atoms with E-state index in [2.05, 4.69) is 0 Å². The summed E-state index contributed by atoms with van der Waals surface area (Å²) in [5.74, 6) is -5.87. The Balaban J connectivity index is 3.29. The molecule has 0 bridgehead atoms. The average Bonchev–Trinajstić information content (AvgIpc) is 2.11. The van der Waals surface area contributed by atoms with Crippen molar-refractivity contribution in [2.45, 2.75) is 12.3 Å². The van der Waals surface area contributed by atoms with Crippen molar-refractivity contribution in [3.63, 3.8) is 0 Å². The van der Waals surface area contributed by atoms with Crippen LogP contribution in [-0.4, -0.2) is 6.54 Å². The molecule has 0 aromatic heterocycles. The van der Waals surface area contributed by atoms with Gasteiger partial charge < -0.3 is 5.73 Å². The van der Waals surface area contributed by atoms with E-state index in [1.807, 2.05) is 0 Å². The van der Waals surface area contributed by atoms with Crippen molar-refractivity contribution >= 4 is 11.6 Å². The number of halogens is 5. The average molecular weight is 242 g/mol. The predicted octanol–water partition coefficient (Wildman–Crippen LogP) is 3.06. The lowest BCUT2D eigenvalue weighted by Crippen LogP contribution is -2.21. The zero-order chi connectivity index (χ0) is 11.6. The van der Waals surface area contributed by atoms with Gasteiger partial charge in [0.2, 0.25) is 0 Å². The Morgan fingerprint density at radius 3 is 2.27 bits per heavy atom. The summed E-state index contributed by atoms with van der Waals surface area (Å²) in [6.45, 7) is -0.348. The highest BCUT2D eigenvalue weighted by molar-refractivity contribution is 6.31. The van der Waals surface area contributed by atoms with Gasteiger partial charge in [-0.25, -0.2) is 17.6 Å². The first kappa shape index (κ1) is 12.3. The molecule has 84 valence electrons. The summed E-state index contributed by atoms with van der Waals surface area (Å²) in [5, 5.41) is -0.895. The molecule has 0 unspecified atom stereocenters. The molecule has 0 atom stereocenters. The van der Waals surface area contributed by atoms with Crippen molar-refractivity contribution in [1.29, 1.82) is 0 Å². The monoisotopic (exact) mass is 241 g/mol. The number of hydrogen-bond donors (Lipinski definition) is 1.